The monoisotopic (exact) mass is 503 g/mol. The van der Waals surface area contributed by atoms with Crippen molar-refractivity contribution in [1.29, 1.82) is 0 Å². The van der Waals surface area contributed by atoms with Gasteiger partial charge in [0, 0.05) is 23.6 Å². The summed E-state index contributed by atoms with van der Waals surface area (Å²) >= 11 is 1.70. The molecule has 1 aliphatic carbocycles. The van der Waals surface area contributed by atoms with Crippen molar-refractivity contribution >= 4 is 45.2 Å². The number of nitrogens with zero attached hydrogens (tertiary/aromatic N) is 4. The Labute approximate surface area is 213 Å². The molecule has 3 aliphatic heterocycles. The number of anilines is 2. The van der Waals surface area contributed by atoms with Gasteiger partial charge < -0.3 is 19.7 Å². The molecule has 0 spiro atoms. The summed E-state index contributed by atoms with van der Waals surface area (Å²) in [7, 11) is 0. The second kappa shape index (κ2) is 8.52. The van der Waals surface area contributed by atoms with Gasteiger partial charge in [0.15, 0.2) is 0 Å². The minimum Gasteiger partial charge on any atom is -0.489 e. The Balaban J connectivity index is 1.19. The van der Waals surface area contributed by atoms with Crippen molar-refractivity contribution < 1.29 is 14.3 Å². The number of morpholine rings is 1. The molecular weight excluding hydrogens is 474 g/mol. The smallest absolute Gasteiger partial charge is 0.226 e. The summed E-state index contributed by atoms with van der Waals surface area (Å²) in [4.78, 5) is 31.3. The fraction of sp³-hybridized carbons (Fsp3) is 0.481. The number of thiophene rings is 1. The minimum atomic E-state index is 0.0383. The number of hydrogen-bond donors (Lipinski definition) is 1. The largest absolute Gasteiger partial charge is 0.489 e. The number of fused-ring (bicyclic) bond motifs is 6. The van der Waals surface area contributed by atoms with E-state index in [1.54, 1.807) is 17.7 Å². The fourth-order valence-corrected chi connectivity index (χ4v) is 7.30. The number of aromatic nitrogens is 2. The summed E-state index contributed by atoms with van der Waals surface area (Å²) in [5.41, 5.74) is 4.44. The second-order valence-electron chi connectivity index (χ2n) is 10.5. The predicted octanol–water partition coefficient (Wildman–Crippen LogP) is 4.26. The molecule has 36 heavy (non-hydrogen) atoms. The Morgan fingerprint density at radius 1 is 1.31 bits per heavy atom. The molecule has 5 heterocycles. The topological polar surface area (TPSA) is 88.9 Å². The first-order chi connectivity index (χ1) is 17.5. The predicted molar refractivity (Wildman–Crippen MR) is 140 cm³/mol. The van der Waals surface area contributed by atoms with Crippen molar-refractivity contribution in [3.63, 3.8) is 0 Å². The number of carbonyl (C=O) groups is 1. The Morgan fingerprint density at radius 3 is 3.03 bits per heavy atom. The molecule has 0 saturated carbocycles. The maximum absolute atomic E-state index is 13.4. The Kier molecular flexibility index (Phi) is 5.25. The molecule has 3 atom stereocenters. The molecule has 3 aromatic rings. The summed E-state index contributed by atoms with van der Waals surface area (Å²) < 4.78 is 11.9. The van der Waals surface area contributed by atoms with E-state index in [-0.39, 0.29) is 24.2 Å². The van der Waals surface area contributed by atoms with E-state index in [0.717, 1.165) is 65.3 Å². The van der Waals surface area contributed by atoms with Gasteiger partial charge >= 0.3 is 0 Å². The van der Waals surface area contributed by atoms with E-state index < -0.39 is 0 Å². The first-order valence-corrected chi connectivity index (χ1v) is 13.6. The molecule has 8 nitrogen and oxygen atoms in total. The van der Waals surface area contributed by atoms with Gasteiger partial charge in [0.1, 0.15) is 22.7 Å². The average Bonchev–Trinajstić information content (AvgIpc) is 3.66. The zero-order chi connectivity index (χ0) is 24.4. The zero-order valence-electron chi connectivity index (χ0n) is 20.5. The molecule has 1 N–H and O–H groups in total. The van der Waals surface area contributed by atoms with E-state index >= 15 is 0 Å². The number of aryl methyl sites for hydroxylation is 1. The van der Waals surface area contributed by atoms with Gasteiger partial charge in [-0.3, -0.25) is 9.79 Å². The van der Waals surface area contributed by atoms with Crippen LogP contribution in [0.4, 0.5) is 11.5 Å². The van der Waals surface area contributed by atoms with E-state index in [1.807, 2.05) is 20.1 Å². The van der Waals surface area contributed by atoms with Gasteiger partial charge in [0.25, 0.3) is 0 Å². The molecular formula is C27H29N5O3S. The number of likely N-dealkylation sites (tertiary alicyclic amines) is 1. The van der Waals surface area contributed by atoms with Crippen molar-refractivity contribution in [3.05, 3.63) is 40.0 Å². The summed E-state index contributed by atoms with van der Waals surface area (Å²) in [5, 5.41) is 4.63. The lowest BCUT2D eigenvalue weighted by Crippen LogP contribution is -2.45. The molecule has 2 fully saturated rings. The van der Waals surface area contributed by atoms with Gasteiger partial charge in [0.2, 0.25) is 5.91 Å². The van der Waals surface area contributed by atoms with Gasteiger partial charge in [-0.15, -0.1) is 11.3 Å². The molecule has 2 bridgehead atoms. The van der Waals surface area contributed by atoms with Crippen molar-refractivity contribution in [1.82, 2.24) is 14.9 Å². The summed E-state index contributed by atoms with van der Waals surface area (Å²) in [5.74, 6) is 1.93. The standard InChI is InChI=1S/C27H29N5O3S/c1-14(2)35-22-6-17-10-28-9-16(17)5-21(22)31-25-24-20-4-3-15(7-23(20)36-26(24)30-13-29-25)27(33)32-11-19-8-18(32)12-34-19/h5-6,9,13-15,18-19H,3-4,7-8,10-12H2,1-2H3,(H,29,30,31)/t15-,18?,19?/m0/s1. The lowest BCUT2D eigenvalue weighted by Gasteiger charge is -2.32. The molecule has 0 radical (unpaired) electrons. The van der Waals surface area contributed by atoms with Crippen LogP contribution in [-0.4, -0.2) is 58.4 Å². The molecule has 2 aromatic heterocycles. The van der Waals surface area contributed by atoms with Crippen molar-refractivity contribution in [2.45, 2.75) is 64.3 Å². The SMILES string of the molecule is CC(C)Oc1cc2c(cc1Nc1ncnc3sc4c(c13)CC[C@H](C(=O)N1CC3CC1CO3)C4)C=NC2. The highest BCUT2D eigenvalue weighted by Gasteiger charge is 2.43. The van der Waals surface area contributed by atoms with Gasteiger partial charge in [-0.2, -0.15) is 0 Å². The van der Waals surface area contributed by atoms with Crippen LogP contribution < -0.4 is 10.1 Å². The number of carbonyl (C=O) groups excluding carboxylic acids is 1. The van der Waals surface area contributed by atoms with Crippen LogP contribution in [0.1, 0.15) is 48.3 Å². The summed E-state index contributed by atoms with van der Waals surface area (Å²) in [6.45, 7) is 6.20. The quantitative estimate of drug-likeness (QED) is 0.560. The maximum Gasteiger partial charge on any atom is 0.226 e. The Morgan fingerprint density at radius 2 is 2.22 bits per heavy atom. The molecule has 2 unspecified atom stereocenters. The molecule has 2 saturated heterocycles. The first-order valence-electron chi connectivity index (χ1n) is 12.8. The van der Waals surface area contributed by atoms with Crippen LogP contribution in [0.2, 0.25) is 0 Å². The highest BCUT2D eigenvalue weighted by atomic mass is 32.1. The normalized spacial score (nSPS) is 24.0. The van der Waals surface area contributed by atoms with Crippen LogP contribution in [0.5, 0.6) is 5.75 Å². The van der Waals surface area contributed by atoms with Gasteiger partial charge in [-0.1, -0.05) is 0 Å². The third-order valence-electron chi connectivity index (χ3n) is 7.73. The van der Waals surface area contributed by atoms with E-state index in [0.29, 0.717) is 19.1 Å². The highest BCUT2D eigenvalue weighted by Crippen LogP contribution is 2.43. The van der Waals surface area contributed by atoms with Crippen LogP contribution >= 0.6 is 11.3 Å². The molecule has 7 rings (SSSR count). The maximum atomic E-state index is 13.4. The van der Waals surface area contributed by atoms with E-state index in [9.17, 15) is 4.79 Å². The lowest BCUT2D eigenvalue weighted by atomic mass is 9.86. The third kappa shape index (κ3) is 3.67. The van der Waals surface area contributed by atoms with E-state index in [4.69, 9.17) is 9.47 Å². The minimum absolute atomic E-state index is 0.0383. The number of nitrogens with one attached hydrogen (secondary N) is 1. The number of benzene rings is 1. The molecule has 1 aromatic carbocycles. The number of aliphatic imine (C=N–C) groups is 1. The molecule has 4 aliphatic rings. The lowest BCUT2D eigenvalue weighted by molar-refractivity contribution is -0.140. The fourth-order valence-electron chi connectivity index (χ4n) is 6.03. The van der Waals surface area contributed by atoms with Crippen LogP contribution in [0.25, 0.3) is 10.2 Å². The van der Waals surface area contributed by atoms with Crippen LogP contribution in [0.3, 0.4) is 0 Å². The van der Waals surface area contributed by atoms with Gasteiger partial charge in [0.05, 0.1) is 42.5 Å². The summed E-state index contributed by atoms with van der Waals surface area (Å²) in [6, 6.07) is 4.45. The van der Waals surface area contributed by atoms with Crippen molar-refractivity contribution in [3.8, 4) is 5.75 Å². The van der Waals surface area contributed by atoms with Gasteiger partial charge in [-0.05, 0) is 68.4 Å². The van der Waals surface area contributed by atoms with Gasteiger partial charge in [-0.25, -0.2) is 9.97 Å². The van der Waals surface area contributed by atoms with E-state index in [1.165, 1.54) is 16.0 Å². The molecule has 186 valence electrons. The van der Waals surface area contributed by atoms with Crippen molar-refractivity contribution in [2.24, 2.45) is 10.9 Å². The Hall–Kier alpha value is -3.04. The number of ether oxygens (including phenoxy) is 2. The average molecular weight is 504 g/mol. The first kappa shape index (κ1) is 22.2. The molecule has 1 amide bonds. The van der Waals surface area contributed by atoms with Crippen LogP contribution in [0, 0.1) is 5.92 Å². The highest BCUT2D eigenvalue weighted by molar-refractivity contribution is 7.19. The number of rotatable bonds is 5. The number of hydrogen-bond acceptors (Lipinski definition) is 8. The van der Waals surface area contributed by atoms with E-state index in [2.05, 4.69) is 37.3 Å². The van der Waals surface area contributed by atoms with Crippen molar-refractivity contribution in [2.75, 3.05) is 18.5 Å². The molecule has 9 heteroatoms. The second-order valence-corrected chi connectivity index (χ2v) is 11.6. The van der Waals surface area contributed by atoms with Crippen LogP contribution in [-0.2, 0) is 28.9 Å². The number of amides is 1. The van der Waals surface area contributed by atoms with Crippen LogP contribution in [0.15, 0.2) is 23.5 Å². The third-order valence-corrected chi connectivity index (χ3v) is 8.89. The Bertz CT molecular complexity index is 1400. The zero-order valence-corrected chi connectivity index (χ0v) is 21.3. The summed E-state index contributed by atoms with van der Waals surface area (Å²) in [6.07, 6.45) is 7.31.